The molecule has 1 rings (SSSR count). The molecule has 6 nitrogen and oxygen atoms in total. The lowest BCUT2D eigenvalue weighted by molar-refractivity contribution is 0.219. The Morgan fingerprint density at radius 1 is 1.08 bits per heavy atom. The summed E-state index contributed by atoms with van der Waals surface area (Å²) in [7, 11) is 0. The number of nitrogens with zero attached hydrogens (tertiary/aromatic N) is 2. The van der Waals surface area contributed by atoms with Crippen LogP contribution in [0.5, 0.6) is 5.75 Å². The third-order valence-electron chi connectivity index (χ3n) is 4.69. The number of ether oxygens (including phenoxy) is 1. The monoisotopic (exact) mass is 364 g/mol. The number of anilines is 1. The number of amides is 2. The Labute approximate surface area is 158 Å². The molecule has 0 aliphatic heterocycles. The Bertz CT molecular complexity index is 516. The molecule has 1 unspecified atom stereocenters. The first-order valence-corrected chi connectivity index (χ1v) is 9.78. The number of rotatable bonds is 12. The normalized spacial score (nSPS) is 12.3. The van der Waals surface area contributed by atoms with Crippen molar-refractivity contribution in [2.24, 2.45) is 0 Å². The summed E-state index contributed by atoms with van der Waals surface area (Å²) in [6, 6.07) is 7.65. The van der Waals surface area contributed by atoms with Crippen LogP contribution in [0.1, 0.15) is 34.6 Å². The van der Waals surface area contributed by atoms with E-state index in [1.807, 2.05) is 24.3 Å². The maximum absolute atomic E-state index is 12.2. The van der Waals surface area contributed by atoms with E-state index in [1.54, 1.807) is 0 Å². The highest BCUT2D eigenvalue weighted by Crippen LogP contribution is 2.23. The third-order valence-corrected chi connectivity index (χ3v) is 4.69. The SMILES string of the molecule is CCN(CC)CCOc1ccccc1NC(=O)NCC(C)N(CC)CC. The molecular weight excluding hydrogens is 328 g/mol. The molecule has 6 heteroatoms. The van der Waals surface area contributed by atoms with E-state index in [9.17, 15) is 4.79 Å². The van der Waals surface area contributed by atoms with Gasteiger partial charge in [-0.2, -0.15) is 0 Å². The molecule has 148 valence electrons. The van der Waals surface area contributed by atoms with Crippen LogP contribution < -0.4 is 15.4 Å². The molecule has 1 aromatic rings. The van der Waals surface area contributed by atoms with E-state index in [-0.39, 0.29) is 6.03 Å². The Kier molecular flexibility index (Phi) is 10.7. The molecule has 0 saturated carbocycles. The number of benzene rings is 1. The highest BCUT2D eigenvalue weighted by atomic mass is 16.5. The first kappa shape index (κ1) is 22.3. The first-order chi connectivity index (χ1) is 12.5. The third kappa shape index (κ3) is 7.62. The molecule has 1 aromatic carbocycles. The van der Waals surface area contributed by atoms with E-state index in [2.05, 4.69) is 55.1 Å². The lowest BCUT2D eigenvalue weighted by Crippen LogP contribution is -2.43. The minimum absolute atomic E-state index is 0.205. The van der Waals surface area contributed by atoms with Crippen LogP contribution in [0.15, 0.2) is 24.3 Å². The van der Waals surface area contributed by atoms with Crippen LogP contribution in [0.3, 0.4) is 0 Å². The molecule has 1 atom stereocenters. The van der Waals surface area contributed by atoms with Crippen LogP contribution in [0.4, 0.5) is 10.5 Å². The van der Waals surface area contributed by atoms with Crippen LogP contribution in [0, 0.1) is 0 Å². The molecule has 0 heterocycles. The Morgan fingerprint density at radius 3 is 2.35 bits per heavy atom. The average molecular weight is 365 g/mol. The predicted octanol–water partition coefficient (Wildman–Crippen LogP) is 3.26. The van der Waals surface area contributed by atoms with Crippen molar-refractivity contribution in [3.63, 3.8) is 0 Å². The van der Waals surface area contributed by atoms with E-state index in [4.69, 9.17) is 4.74 Å². The summed E-state index contributed by atoms with van der Waals surface area (Å²) < 4.78 is 5.88. The number of hydrogen-bond acceptors (Lipinski definition) is 4. The van der Waals surface area contributed by atoms with Gasteiger partial charge in [-0.05, 0) is 45.2 Å². The van der Waals surface area contributed by atoms with Crippen molar-refractivity contribution < 1.29 is 9.53 Å². The molecule has 0 aromatic heterocycles. The lowest BCUT2D eigenvalue weighted by Gasteiger charge is -2.26. The number of carbonyl (C=O) groups excluding carboxylic acids is 1. The minimum atomic E-state index is -0.205. The van der Waals surface area contributed by atoms with Crippen molar-refractivity contribution >= 4 is 11.7 Å². The molecular formula is C20H36N4O2. The zero-order chi connectivity index (χ0) is 19.4. The summed E-state index contributed by atoms with van der Waals surface area (Å²) >= 11 is 0. The summed E-state index contributed by atoms with van der Waals surface area (Å²) in [5, 5.41) is 5.84. The van der Waals surface area contributed by atoms with Crippen molar-refractivity contribution in [1.82, 2.24) is 15.1 Å². The van der Waals surface area contributed by atoms with E-state index in [0.717, 1.165) is 32.7 Å². The Balaban J connectivity index is 2.52. The van der Waals surface area contributed by atoms with Crippen LogP contribution in [0.2, 0.25) is 0 Å². The smallest absolute Gasteiger partial charge is 0.319 e. The average Bonchev–Trinajstić information content (AvgIpc) is 2.66. The number of likely N-dealkylation sites (N-methyl/N-ethyl adjacent to an activating group) is 2. The van der Waals surface area contributed by atoms with Crippen molar-refractivity contribution in [2.45, 2.75) is 40.7 Å². The maximum Gasteiger partial charge on any atom is 0.319 e. The van der Waals surface area contributed by atoms with Gasteiger partial charge in [-0.25, -0.2) is 4.79 Å². The van der Waals surface area contributed by atoms with Gasteiger partial charge in [0.1, 0.15) is 12.4 Å². The molecule has 0 radical (unpaired) electrons. The fourth-order valence-electron chi connectivity index (χ4n) is 2.90. The standard InChI is InChI=1S/C20H36N4O2/c1-6-23(7-2)14-15-26-19-13-11-10-12-18(19)22-20(25)21-16-17(5)24(8-3)9-4/h10-13,17H,6-9,14-16H2,1-5H3,(H2,21,22,25). The summed E-state index contributed by atoms with van der Waals surface area (Å²) in [5.41, 5.74) is 0.694. The highest BCUT2D eigenvalue weighted by molar-refractivity contribution is 5.90. The van der Waals surface area contributed by atoms with Crippen LogP contribution >= 0.6 is 0 Å². The molecule has 0 saturated heterocycles. The second-order valence-corrected chi connectivity index (χ2v) is 6.28. The molecule has 0 fully saturated rings. The molecule has 0 aliphatic rings. The fourth-order valence-corrected chi connectivity index (χ4v) is 2.90. The molecule has 2 amide bonds. The highest BCUT2D eigenvalue weighted by Gasteiger charge is 2.12. The summed E-state index contributed by atoms with van der Waals surface area (Å²) in [5.74, 6) is 0.701. The van der Waals surface area contributed by atoms with E-state index in [0.29, 0.717) is 30.6 Å². The second-order valence-electron chi connectivity index (χ2n) is 6.28. The van der Waals surface area contributed by atoms with E-state index < -0.39 is 0 Å². The molecule has 0 spiro atoms. The Morgan fingerprint density at radius 2 is 1.73 bits per heavy atom. The van der Waals surface area contributed by atoms with Crippen molar-refractivity contribution in [3.8, 4) is 5.75 Å². The first-order valence-electron chi connectivity index (χ1n) is 9.78. The lowest BCUT2D eigenvalue weighted by atomic mass is 10.2. The number of carbonyl (C=O) groups is 1. The second kappa shape index (κ2) is 12.5. The summed E-state index contributed by atoms with van der Waals surface area (Å²) in [6.07, 6.45) is 0. The van der Waals surface area contributed by atoms with Gasteiger partial charge < -0.3 is 20.3 Å². The molecule has 26 heavy (non-hydrogen) atoms. The van der Waals surface area contributed by atoms with Gasteiger partial charge >= 0.3 is 6.03 Å². The van der Waals surface area contributed by atoms with Gasteiger partial charge in [-0.3, -0.25) is 4.90 Å². The van der Waals surface area contributed by atoms with Gasteiger partial charge in [0.2, 0.25) is 0 Å². The van der Waals surface area contributed by atoms with Gasteiger partial charge in [0.05, 0.1) is 5.69 Å². The predicted molar refractivity (Wildman–Crippen MR) is 109 cm³/mol. The summed E-state index contributed by atoms with van der Waals surface area (Å²) in [4.78, 5) is 16.9. The van der Waals surface area contributed by atoms with Gasteiger partial charge in [0, 0.05) is 19.1 Å². The number of nitrogens with one attached hydrogen (secondary N) is 2. The van der Waals surface area contributed by atoms with Crippen molar-refractivity contribution in [2.75, 3.05) is 51.2 Å². The van der Waals surface area contributed by atoms with Gasteiger partial charge in [0.15, 0.2) is 0 Å². The van der Waals surface area contributed by atoms with E-state index >= 15 is 0 Å². The Hall–Kier alpha value is -1.79. The zero-order valence-electron chi connectivity index (χ0n) is 17.0. The van der Waals surface area contributed by atoms with Gasteiger partial charge in [-0.1, -0.05) is 39.8 Å². The quantitative estimate of drug-likeness (QED) is 0.598. The van der Waals surface area contributed by atoms with Crippen molar-refractivity contribution in [3.05, 3.63) is 24.3 Å². The fraction of sp³-hybridized carbons (Fsp3) is 0.650. The largest absolute Gasteiger partial charge is 0.490 e. The van der Waals surface area contributed by atoms with Crippen LogP contribution in [0.25, 0.3) is 0 Å². The summed E-state index contributed by atoms with van der Waals surface area (Å²) in [6.45, 7) is 16.7. The molecule has 0 aliphatic carbocycles. The molecule has 2 N–H and O–H groups in total. The number of urea groups is 1. The topological polar surface area (TPSA) is 56.8 Å². The zero-order valence-corrected chi connectivity index (χ0v) is 17.0. The van der Waals surface area contributed by atoms with Crippen molar-refractivity contribution in [1.29, 1.82) is 0 Å². The minimum Gasteiger partial charge on any atom is -0.490 e. The number of hydrogen-bond donors (Lipinski definition) is 2. The molecule has 0 bridgehead atoms. The van der Waals surface area contributed by atoms with Gasteiger partial charge in [-0.15, -0.1) is 0 Å². The van der Waals surface area contributed by atoms with Crippen LogP contribution in [-0.4, -0.2) is 67.7 Å². The van der Waals surface area contributed by atoms with Gasteiger partial charge in [0.25, 0.3) is 0 Å². The van der Waals surface area contributed by atoms with Crippen LogP contribution in [-0.2, 0) is 0 Å². The maximum atomic E-state index is 12.2. The number of para-hydroxylation sites is 2. The van der Waals surface area contributed by atoms with E-state index in [1.165, 1.54) is 0 Å².